The van der Waals surface area contributed by atoms with E-state index in [0.717, 1.165) is 22.5 Å². The van der Waals surface area contributed by atoms with E-state index in [1.165, 1.54) is 0 Å². The van der Waals surface area contributed by atoms with Crippen LogP contribution in [0.3, 0.4) is 0 Å². The van der Waals surface area contributed by atoms with Crippen molar-refractivity contribution in [2.24, 2.45) is 0 Å². The molecule has 1 saturated heterocycles. The predicted molar refractivity (Wildman–Crippen MR) is 67.5 cm³/mol. The lowest BCUT2D eigenvalue weighted by Gasteiger charge is -2.18. The van der Waals surface area contributed by atoms with Gasteiger partial charge in [-0.2, -0.15) is 9.57 Å². The molecule has 0 saturated carbocycles. The van der Waals surface area contributed by atoms with Crippen LogP contribution >= 0.6 is 0 Å². The monoisotopic (exact) mass is 297 g/mol. The Hall–Kier alpha value is -1.98. The van der Waals surface area contributed by atoms with Crippen LogP contribution in [0.2, 0.25) is 0 Å². The molecule has 0 bridgehead atoms. The van der Waals surface area contributed by atoms with Crippen LogP contribution in [0, 0.1) is 17.1 Å². The summed E-state index contributed by atoms with van der Waals surface area (Å²) in [7, 11) is -3.91. The number of hydrogen-bond donors (Lipinski definition) is 1. The maximum Gasteiger partial charge on any atom is 0.243 e. The van der Waals surface area contributed by atoms with Gasteiger partial charge in [0.05, 0.1) is 17.0 Å². The Kier molecular flexibility index (Phi) is 4.01. The first-order valence-electron chi connectivity index (χ1n) is 5.91. The highest BCUT2D eigenvalue weighted by Crippen LogP contribution is 2.19. The van der Waals surface area contributed by atoms with Crippen molar-refractivity contribution in [2.45, 2.75) is 11.3 Å². The van der Waals surface area contributed by atoms with Gasteiger partial charge < -0.3 is 5.32 Å². The van der Waals surface area contributed by atoms with Crippen molar-refractivity contribution >= 4 is 15.9 Å². The topological polar surface area (TPSA) is 90.3 Å². The summed E-state index contributed by atoms with van der Waals surface area (Å²) in [4.78, 5) is 11.2. The first-order valence-corrected chi connectivity index (χ1v) is 7.35. The molecule has 1 aromatic carbocycles. The van der Waals surface area contributed by atoms with E-state index in [1.807, 2.05) is 0 Å². The summed E-state index contributed by atoms with van der Waals surface area (Å²) in [6, 6.07) is 4.60. The smallest absolute Gasteiger partial charge is 0.243 e. The maximum absolute atomic E-state index is 13.2. The Balaban J connectivity index is 2.39. The predicted octanol–water partition coefficient (Wildman–Crippen LogP) is 0.208. The van der Waals surface area contributed by atoms with Crippen molar-refractivity contribution in [2.75, 3.05) is 19.6 Å². The molecule has 0 aromatic heterocycles. The van der Waals surface area contributed by atoms with Gasteiger partial charge in [0.1, 0.15) is 11.9 Å². The standard InChI is InChI=1S/C12H12FN3O3S/c13-11-3-2-10(6-9(11)7-14)20(18,19)16-5-1-4-15-12(17)8-16/h2-3,6H,1,4-5,8H2,(H,15,17). The van der Waals surface area contributed by atoms with Crippen LogP contribution in [0.25, 0.3) is 0 Å². The fraction of sp³-hybridized carbons (Fsp3) is 0.333. The molecule has 1 N–H and O–H groups in total. The van der Waals surface area contributed by atoms with Gasteiger partial charge >= 0.3 is 0 Å². The van der Waals surface area contributed by atoms with E-state index < -0.39 is 15.8 Å². The van der Waals surface area contributed by atoms with Gasteiger partial charge in [-0.25, -0.2) is 12.8 Å². The molecule has 20 heavy (non-hydrogen) atoms. The molecule has 0 atom stereocenters. The van der Waals surface area contributed by atoms with Crippen LogP contribution in [0.5, 0.6) is 0 Å². The van der Waals surface area contributed by atoms with E-state index >= 15 is 0 Å². The second-order valence-corrected chi connectivity index (χ2v) is 6.23. The van der Waals surface area contributed by atoms with E-state index in [1.54, 1.807) is 6.07 Å². The van der Waals surface area contributed by atoms with E-state index in [2.05, 4.69) is 5.32 Å². The van der Waals surface area contributed by atoms with Crippen LogP contribution in [-0.2, 0) is 14.8 Å². The quantitative estimate of drug-likeness (QED) is 0.844. The second kappa shape index (κ2) is 5.56. The highest BCUT2D eigenvalue weighted by Gasteiger charge is 2.28. The average molecular weight is 297 g/mol. The van der Waals surface area contributed by atoms with Gasteiger partial charge in [-0.3, -0.25) is 4.79 Å². The third-order valence-electron chi connectivity index (χ3n) is 2.92. The lowest BCUT2D eigenvalue weighted by molar-refractivity contribution is -0.120. The zero-order valence-electron chi connectivity index (χ0n) is 10.5. The van der Waals surface area contributed by atoms with Crippen LogP contribution < -0.4 is 5.32 Å². The molecule has 8 heteroatoms. The number of rotatable bonds is 2. The summed E-state index contributed by atoms with van der Waals surface area (Å²) in [5, 5.41) is 11.3. The molecule has 0 aliphatic carbocycles. The molecule has 1 aromatic rings. The van der Waals surface area contributed by atoms with Crippen LogP contribution in [0.1, 0.15) is 12.0 Å². The Morgan fingerprint density at radius 2 is 2.15 bits per heavy atom. The number of hydrogen-bond acceptors (Lipinski definition) is 4. The summed E-state index contributed by atoms with van der Waals surface area (Å²) in [5.41, 5.74) is -0.342. The van der Waals surface area contributed by atoms with Gasteiger partial charge in [-0.1, -0.05) is 0 Å². The second-order valence-electron chi connectivity index (χ2n) is 4.30. The van der Waals surface area contributed by atoms with E-state index in [-0.39, 0.29) is 29.5 Å². The number of nitriles is 1. The fourth-order valence-corrected chi connectivity index (χ4v) is 3.34. The number of nitrogens with one attached hydrogen (secondary N) is 1. The van der Waals surface area contributed by atoms with Crippen LogP contribution in [0.4, 0.5) is 4.39 Å². The number of halogens is 1. The molecular formula is C12H12FN3O3S. The third kappa shape index (κ3) is 2.79. The molecule has 2 rings (SSSR count). The highest BCUT2D eigenvalue weighted by molar-refractivity contribution is 7.89. The Morgan fingerprint density at radius 3 is 2.85 bits per heavy atom. The first kappa shape index (κ1) is 14.4. The number of amides is 1. The molecule has 1 fully saturated rings. The summed E-state index contributed by atoms with van der Waals surface area (Å²) in [6.07, 6.45) is 0.497. The summed E-state index contributed by atoms with van der Waals surface area (Å²) >= 11 is 0. The molecule has 0 unspecified atom stereocenters. The van der Waals surface area contributed by atoms with Crippen molar-refractivity contribution in [3.63, 3.8) is 0 Å². The maximum atomic E-state index is 13.2. The SMILES string of the molecule is N#Cc1cc(S(=O)(=O)N2CCCNC(=O)C2)ccc1F. The summed E-state index contributed by atoms with van der Waals surface area (Å²) < 4.78 is 39.0. The lowest BCUT2D eigenvalue weighted by Crippen LogP contribution is -2.37. The van der Waals surface area contributed by atoms with Gasteiger partial charge in [-0.15, -0.1) is 0 Å². The largest absolute Gasteiger partial charge is 0.355 e. The molecule has 6 nitrogen and oxygen atoms in total. The summed E-state index contributed by atoms with van der Waals surface area (Å²) in [6.45, 7) is 0.333. The lowest BCUT2D eigenvalue weighted by atomic mass is 10.2. The molecule has 106 valence electrons. The molecule has 1 aliphatic heterocycles. The summed E-state index contributed by atoms with van der Waals surface area (Å²) in [5.74, 6) is -1.16. The normalized spacial score (nSPS) is 17.1. The Bertz CT molecular complexity index is 682. The number of nitrogens with zero attached hydrogens (tertiary/aromatic N) is 2. The molecular weight excluding hydrogens is 285 g/mol. The van der Waals surface area contributed by atoms with Gasteiger partial charge in [0.2, 0.25) is 15.9 Å². The Morgan fingerprint density at radius 1 is 1.40 bits per heavy atom. The van der Waals surface area contributed by atoms with Crippen LogP contribution in [-0.4, -0.2) is 38.3 Å². The molecule has 0 spiro atoms. The highest BCUT2D eigenvalue weighted by atomic mass is 32.2. The van der Waals surface area contributed by atoms with Crippen molar-refractivity contribution in [1.82, 2.24) is 9.62 Å². The average Bonchev–Trinajstić information content (AvgIpc) is 2.64. The van der Waals surface area contributed by atoms with Gasteiger partial charge in [0.25, 0.3) is 0 Å². The van der Waals surface area contributed by atoms with E-state index in [9.17, 15) is 17.6 Å². The van der Waals surface area contributed by atoms with Gasteiger partial charge in [0, 0.05) is 13.1 Å². The van der Waals surface area contributed by atoms with Crippen molar-refractivity contribution in [3.8, 4) is 6.07 Å². The van der Waals surface area contributed by atoms with E-state index in [4.69, 9.17) is 5.26 Å². The zero-order chi connectivity index (χ0) is 14.8. The van der Waals surface area contributed by atoms with Crippen molar-refractivity contribution < 1.29 is 17.6 Å². The Labute approximate surface area is 115 Å². The van der Waals surface area contributed by atoms with E-state index in [0.29, 0.717) is 13.0 Å². The fourth-order valence-electron chi connectivity index (χ4n) is 1.88. The van der Waals surface area contributed by atoms with Crippen molar-refractivity contribution in [3.05, 3.63) is 29.6 Å². The molecule has 1 aliphatic rings. The number of sulfonamides is 1. The first-order chi connectivity index (χ1) is 9.45. The minimum atomic E-state index is -3.91. The minimum Gasteiger partial charge on any atom is -0.355 e. The molecule has 0 radical (unpaired) electrons. The number of benzene rings is 1. The van der Waals surface area contributed by atoms with Crippen molar-refractivity contribution in [1.29, 1.82) is 5.26 Å². The van der Waals surface area contributed by atoms with Gasteiger partial charge in [-0.05, 0) is 24.6 Å². The van der Waals surface area contributed by atoms with Crippen LogP contribution in [0.15, 0.2) is 23.1 Å². The number of carbonyl (C=O) groups is 1. The number of carbonyl (C=O) groups excluding carboxylic acids is 1. The third-order valence-corrected chi connectivity index (χ3v) is 4.76. The zero-order valence-corrected chi connectivity index (χ0v) is 11.3. The molecule has 1 amide bonds. The molecule has 1 heterocycles. The minimum absolute atomic E-state index is 0.190. The van der Waals surface area contributed by atoms with Gasteiger partial charge in [0.15, 0.2) is 0 Å².